The van der Waals surface area contributed by atoms with E-state index in [9.17, 15) is 34.4 Å². The molecule has 0 bridgehead atoms. The Balaban J connectivity index is 2.47. The Bertz CT molecular complexity index is 1220. The smallest absolute Gasteiger partial charge is 0.462 e. The van der Waals surface area contributed by atoms with Crippen molar-refractivity contribution in [1.82, 2.24) is 0 Å². The van der Waals surface area contributed by atoms with Gasteiger partial charge in [-0.3, -0.25) is 18.6 Å². The monoisotopic (exact) mass is 859 g/mol. The van der Waals surface area contributed by atoms with Crippen LogP contribution in [0.15, 0.2) is 36.5 Å². The van der Waals surface area contributed by atoms with Crippen molar-refractivity contribution in [1.29, 1.82) is 0 Å². The lowest BCUT2D eigenvalue weighted by Gasteiger charge is -2.24. The van der Waals surface area contributed by atoms with Crippen molar-refractivity contribution in [3.8, 4) is 0 Å². The first-order valence-electron chi connectivity index (χ1n) is 23.0. The second kappa shape index (κ2) is 33.7. The Morgan fingerprint density at radius 1 is 0.746 bits per heavy atom. The van der Waals surface area contributed by atoms with Gasteiger partial charge < -0.3 is 34.2 Å². The summed E-state index contributed by atoms with van der Waals surface area (Å²) >= 11 is 0. The summed E-state index contributed by atoms with van der Waals surface area (Å²) in [4.78, 5) is 35.6. The van der Waals surface area contributed by atoms with Gasteiger partial charge in [0.05, 0.1) is 46.1 Å². The first-order valence-corrected chi connectivity index (χ1v) is 24.5. The summed E-state index contributed by atoms with van der Waals surface area (Å²) in [5.74, 6) is -1.23. The zero-order valence-electron chi connectivity index (χ0n) is 37.6. The number of hydrogen-bond donors (Lipinski definition) is 4. The van der Waals surface area contributed by atoms with E-state index < -0.39 is 50.8 Å². The second-order valence-corrected chi connectivity index (χ2v) is 18.9. The molecule has 0 radical (unpaired) electrons. The molecule has 1 rings (SSSR count). The number of phosphoric ester groups is 1. The van der Waals surface area contributed by atoms with Gasteiger partial charge in [-0.05, 0) is 63.7 Å². The molecular formula is C46H85NO11P+. The highest BCUT2D eigenvalue weighted by Gasteiger charge is 2.39. The van der Waals surface area contributed by atoms with Crippen molar-refractivity contribution in [2.75, 3.05) is 47.5 Å². The number of phosphoric acid groups is 1. The van der Waals surface area contributed by atoms with Crippen molar-refractivity contribution in [2.45, 2.75) is 186 Å². The van der Waals surface area contributed by atoms with Gasteiger partial charge in [-0.2, -0.15) is 0 Å². The van der Waals surface area contributed by atoms with E-state index in [1.54, 1.807) is 6.08 Å². The van der Waals surface area contributed by atoms with E-state index in [0.29, 0.717) is 36.7 Å². The van der Waals surface area contributed by atoms with Gasteiger partial charge in [-0.1, -0.05) is 121 Å². The molecule has 13 heteroatoms. The van der Waals surface area contributed by atoms with E-state index in [1.807, 2.05) is 27.2 Å². The van der Waals surface area contributed by atoms with E-state index in [0.717, 1.165) is 89.9 Å². The van der Waals surface area contributed by atoms with Crippen LogP contribution in [0.2, 0.25) is 0 Å². The van der Waals surface area contributed by atoms with Crippen molar-refractivity contribution in [3.63, 3.8) is 0 Å². The van der Waals surface area contributed by atoms with Gasteiger partial charge in [0.25, 0.3) is 0 Å². The van der Waals surface area contributed by atoms with Crippen LogP contribution in [0.25, 0.3) is 0 Å². The Hall–Kier alpha value is -1.89. The minimum atomic E-state index is -4.43. The SMILES string of the molecule is CCCCC/C=C\C/C=C\CCCCCCCC(=O)O[C@H](COC(=O)CCCCCC[C@@H]1[C@@H](/C=C/[C@@H](O)CCCCC)[C@H](O)C[C@@H]1O)COP(=O)(O)OCC[N+](C)(C)C. The molecule has 0 spiro atoms. The molecule has 59 heavy (non-hydrogen) atoms. The fraction of sp³-hybridized carbons (Fsp3) is 0.826. The van der Waals surface area contributed by atoms with Gasteiger partial charge in [0.2, 0.25) is 0 Å². The van der Waals surface area contributed by atoms with E-state index >= 15 is 0 Å². The highest BCUT2D eigenvalue weighted by molar-refractivity contribution is 7.47. The number of carbonyl (C=O) groups is 2. The molecule has 12 nitrogen and oxygen atoms in total. The summed E-state index contributed by atoms with van der Waals surface area (Å²) in [6.07, 6.45) is 29.7. The summed E-state index contributed by atoms with van der Waals surface area (Å²) < 4.78 is 34.3. The molecule has 1 fully saturated rings. The van der Waals surface area contributed by atoms with E-state index in [2.05, 4.69) is 38.2 Å². The van der Waals surface area contributed by atoms with E-state index in [4.69, 9.17) is 18.5 Å². The quantitative estimate of drug-likeness (QED) is 0.0154. The molecular weight excluding hydrogens is 773 g/mol. The first kappa shape index (κ1) is 55.1. The van der Waals surface area contributed by atoms with Crippen LogP contribution in [0.5, 0.6) is 0 Å². The second-order valence-electron chi connectivity index (χ2n) is 17.4. The summed E-state index contributed by atoms with van der Waals surface area (Å²) in [5.41, 5.74) is 0. The number of allylic oxidation sites excluding steroid dienone is 4. The lowest BCUT2D eigenvalue weighted by molar-refractivity contribution is -0.870. The zero-order valence-corrected chi connectivity index (χ0v) is 38.5. The van der Waals surface area contributed by atoms with Gasteiger partial charge in [0.15, 0.2) is 6.10 Å². The van der Waals surface area contributed by atoms with Crippen molar-refractivity contribution in [2.24, 2.45) is 11.8 Å². The molecule has 0 saturated heterocycles. The molecule has 1 saturated carbocycles. The topological polar surface area (TPSA) is 169 Å². The van der Waals surface area contributed by atoms with Gasteiger partial charge in [-0.25, -0.2) is 4.57 Å². The van der Waals surface area contributed by atoms with Crippen LogP contribution in [0.3, 0.4) is 0 Å². The van der Waals surface area contributed by atoms with Gasteiger partial charge in [0.1, 0.15) is 19.8 Å². The van der Waals surface area contributed by atoms with Gasteiger partial charge in [-0.15, -0.1) is 0 Å². The largest absolute Gasteiger partial charge is 0.472 e. The number of carbonyl (C=O) groups excluding carboxylic acids is 2. The Kier molecular flexibility index (Phi) is 31.5. The first-order chi connectivity index (χ1) is 28.2. The maximum Gasteiger partial charge on any atom is 0.472 e. The highest BCUT2D eigenvalue weighted by Crippen LogP contribution is 2.43. The third kappa shape index (κ3) is 30.7. The molecule has 1 aliphatic rings. The van der Waals surface area contributed by atoms with Crippen molar-refractivity contribution in [3.05, 3.63) is 36.5 Å². The number of likely N-dealkylation sites (N-methyl/N-ethyl adjacent to an activating group) is 1. The molecule has 0 heterocycles. The summed E-state index contributed by atoms with van der Waals surface area (Å²) in [6.45, 7) is 4.03. The Labute approximate surface area is 358 Å². The zero-order chi connectivity index (χ0) is 43.8. The number of quaternary nitrogens is 1. The predicted molar refractivity (Wildman–Crippen MR) is 235 cm³/mol. The van der Waals surface area contributed by atoms with Crippen LogP contribution in [-0.4, -0.2) is 109 Å². The summed E-state index contributed by atoms with van der Waals surface area (Å²) in [7, 11) is 1.35. The number of aliphatic hydroxyl groups excluding tert-OH is 3. The average molecular weight is 859 g/mol. The highest BCUT2D eigenvalue weighted by atomic mass is 31.2. The van der Waals surface area contributed by atoms with E-state index in [1.165, 1.54) is 19.3 Å². The third-order valence-corrected chi connectivity index (χ3v) is 11.7. The number of hydrogen-bond acceptors (Lipinski definition) is 10. The number of rotatable bonds is 37. The maximum absolute atomic E-state index is 12.7. The van der Waals surface area contributed by atoms with Crippen LogP contribution in [0, 0.1) is 11.8 Å². The molecule has 7 atom stereocenters. The predicted octanol–water partition coefficient (Wildman–Crippen LogP) is 9.29. The molecule has 0 aliphatic heterocycles. The molecule has 0 aromatic heterocycles. The van der Waals surface area contributed by atoms with Crippen LogP contribution in [0.4, 0.5) is 0 Å². The van der Waals surface area contributed by atoms with Crippen molar-refractivity contribution >= 4 is 19.8 Å². The van der Waals surface area contributed by atoms with Crippen molar-refractivity contribution < 1.29 is 57.4 Å². The minimum absolute atomic E-state index is 0.00626. The van der Waals surface area contributed by atoms with Crippen LogP contribution in [0.1, 0.15) is 162 Å². The van der Waals surface area contributed by atoms with Gasteiger partial charge in [0, 0.05) is 25.2 Å². The lowest BCUT2D eigenvalue weighted by Crippen LogP contribution is -2.37. The normalized spacial score (nSPS) is 20.8. The molecule has 4 N–H and O–H groups in total. The Morgan fingerprint density at radius 3 is 2.00 bits per heavy atom. The number of ether oxygens (including phenoxy) is 2. The number of unbranched alkanes of at least 4 members (excludes halogenated alkanes) is 13. The third-order valence-electron chi connectivity index (χ3n) is 10.7. The number of aliphatic hydroxyl groups is 3. The fourth-order valence-electron chi connectivity index (χ4n) is 7.08. The molecule has 344 valence electrons. The van der Waals surface area contributed by atoms with E-state index in [-0.39, 0.29) is 37.9 Å². The maximum atomic E-state index is 12.7. The summed E-state index contributed by atoms with van der Waals surface area (Å²) in [5, 5.41) is 31.4. The average Bonchev–Trinajstić information content (AvgIpc) is 3.44. The Morgan fingerprint density at radius 2 is 1.34 bits per heavy atom. The number of esters is 2. The van der Waals surface area contributed by atoms with Crippen LogP contribution >= 0.6 is 7.82 Å². The number of nitrogens with zero attached hydrogens (tertiary/aromatic N) is 1. The summed E-state index contributed by atoms with van der Waals surface area (Å²) in [6, 6.07) is 0. The molecule has 1 unspecified atom stereocenters. The lowest BCUT2D eigenvalue weighted by atomic mass is 9.88. The van der Waals surface area contributed by atoms with Crippen LogP contribution in [-0.2, 0) is 32.7 Å². The van der Waals surface area contributed by atoms with Gasteiger partial charge >= 0.3 is 19.8 Å². The fourth-order valence-corrected chi connectivity index (χ4v) is 7.82. The minimum Gasteiger partial charge on any atom is -0.462 e. The molecule has 1 aliphatic carbocycles. The molecule has 0 amide bonds. The molecule has 0 aromatic carbocycles. The molecule has 0 aromatic rings. The van der Waals surface area contributed by atoms with Crippen LogP contribution < -0.4 is 0 Å². The standard InChI is InChI=1S/C46H84NO11P/c1-6-8-10-11-12-13-14-15-16-17-18-19-20-21-27-31-46(52)58-40(38-57-59(53,54)56-35-34-47(3,4)5)37-55-45(51)30-26-23-22-25-29-41-42(44(50)36-43(41)49)33-32-39(48)28-24-9-7-2/h12-13,15-16,32-33,39-44,48-50H,6-11,14,17-31,34-38H2,1-5H3/p+1/b13-12-,16-15-,33-32+/t39-,40+,41+,42+,43-,44+/m0/s1.